The van der Waals surface area contributed by atoms with Crippen molar-refractivity contribution >= 4 is 0 Å². The maximum Gasteiger partial charge on any atom is 0.115 e. The van der Waals surface area contributed by atoms with Crippen molar-refractivity contribution in [3.8, 4) is 5.75 Å². The van der Waals surface area contributed by atoms with Gasteiger partial charge in [-0.2, -0.15) is 0 Å². The third-order valence-electron chi connectivity index (χ3n) is 5.85. The van der Waals surface area contributed by atoms with Gasteiger partial charge in [0.05, 0.1) is 5.60 Å². The number of phenols is 1. The zero-order valence-corrected chi connectivity index (χ0v) is 12.8. The lowest BCUT2D eigenvalue weighted by atomic mass is 9.55. The highest BCUT2D eigenvalue weighted by atomic mass is 16.3. The van der Waals surface area contributed by atoms with Gasteiger partial charge in [0.15, 0.2) is 0 Å². The maximum atomic E-state index is 10.9. The van der Waals surface area contributed by atoms with E-state index in [0.29, 0.717) is 24.5 Å². The van der Waals surface area contributed by atoms with E-state index in [0.717, 1.165) is 32.1 Å². The summed E-state index contributed by atoms with van der Waals surface area (Å²) in [4.78, 5) is 0. The van der Waals surface area contributed by atoms with Crippen molar-refractivity contribution in [3.05, 3.63) is 29.3 Å². The monoisotopic (exact) mass is 290 g/mol. The average molecular weight is 290 g/mol. The van der Waals surface area contributed by atoms with Crippen LogP contribution in [0, 0.1) is 5.41 Å². The second kappa shape index (κ2) is 5.29. The van der Waals surface area contributed by atoms with E-state index in [1.165, 1.54) is 11.1 Å². The highest BCUT2D eigenvalue weighted by Gasteiger charge is 2.48. The predicted octanol–water partition coefficient (Wildman–Crippen LogP) is 3.12. The number of aromatic hydroxyl groups is 1. The number of hydrogen-bond donors (Lipinski definition) is 3. The largest absolute Gasteiger partial charge is 0.508 e. The third-order valence-corrected chi connectivity index (χ3v) is 5.85. The second-order valence-corrected chi connectivity index (χ2v) is 7.35. The lowest BCUT2D eigenvalue weighted by Gasteiger charge is -2.51. The van der Waals surface area contributed by atoms with Crippen molar-refractivity contribution in [1.82, 2.24) is 0 Å². The van der Waals surface area contributed by atoms with Crippen molar-refractivity contribution < 1.29 is 15.3 Å². The van der Waals surface area contributed by atoms with Gasteiger partial charge >= 0.3 is 0 Å². The Morgan fingerprint density at radius 3 is 2.81 bits per heavy atom. The van der Waals surface area contributed by atoms with Crippen molar-refractivity contribution in [2.24, 2.45) is 5.41 Å². The molecule has 0 heterocycles. The summed E-state index contributed by atoms with van der Waals surface area (Å²) in [6.45, 7) is 2.49. The van der Waals surface area contributed by atoms with Crippen LogP contribution in [0.2, 0.25) is 0 Å². The molecule has 0 amide bonds. The van der Waals surface area contributed by atoms with E-state index in [9.17, 15) is 10.2 Å². The number of aryl methyl sites for hydroxylation is 1. The summed E-state index contributed by atoms with van der Waals surface area (Å²) in [6.07, 6.45) is 6.16. The summed E-state index contributed by atoms with van der Waals surface area (Å²) in [5.41, 5.74) is 2.17. The fourth-order valence-electron chi connectivity index (χ4n) is 4.41. The molecule has 3 atom stereocenters. The highest BCUT2D eigenvalue weighted by molar-refractivity contribution is 5.41. The quantitative estimate of drug-likeness (QED) is 0.801. The predicted molar refractivity (Wildman–Crippen MR) is 82.4 cm³/mol. The summed E-state index contributed by atoms with van der Waals surface area (Å²) in [5, 5.41) is 29.6. The number of hydrogen-bond acceptors (Lipinski definition) is 3. The molecular formula is C18H26O3. The SMILES string of the molecule is C[C@@]12CCc3cc(O)ccc3[C@H]1CC(O)(CCCO)CC2. The maximum absolute atomic E-state index is 10.9. The Morgan fingerprint density at radius 2 is 2.05 bits per heavy atom. The summed E-state index contributed by atoms with van der Waals surface area (Å²) in [7, 11) is 0. The van der Waals surface area contributed by atoms with Crippen molar-refractivity contribution in [3.63, 3.8) is 0 Å². The molecule has 0 aromatic heterocycles. The van der Waals surface area contributed by atoms with E-state index in [2.05, 4.69) is 6.92 Å². The van der Waals surface area contributed by atoms with Gasteiger partial charge in [-0.25, -0.2) is 0 Å². The topological polar surface area (TPSA) is 60.7 Å². The van der Waals surface area contributed by atoms with Crippen molar-refractivity contribution in [1.29, 1.82) is 0 Å². The van der Waals surface area contributed by atoms with Crippen LogP contribution in [0.15, 0.2) is 18.2 Å². The minimum absolute atomic E-state index is 0.148. The first kappa shape index (κ1) is 14.9. The zero-order chi connectivity index (χ0) is 15.1. The average Bonchev–Trinajstić information content (AvgIpc) is 2.46. The number of rotatable bonds is 3. The summed E-state index contributed by atoms with van der Waals surface area (Å²) in [6, 6.07) is 5.70. The Labute approximate surface area is 126 Å². The first-order chi connectivity index (χ1) is 9.96. The highest BCUT2D eigenvalue weighted by Crippen LogP contribution is 2.56. The fourth-order valence-corrected chi connectivity index (χ4v) is 4.41. The third kappa shape index (κ3) is 2.69. The van der Waals surface area contributed by atoms with Crippen LogP contribution in [0.3, 0.4) is 0 Å². The normalized spacial score (nSPS) is 35.1. The summed E-state index contributed by atoms with van der Waals surface area (Å²) in [5.74, 6) is 0.697. The lowest BCUT2D eigenvalue weighted by molar-refractivity contribution is -0.0563. The first-order valence-electron chi connectivity index (χ1n) is 8.11. The second-order valence-electron chi connectivity index (χ2n) is 7.35. The van der Waals surface area contributed by atoms with Gasteiger partial charge in [-0.15, -0.1) is 0 Å². The summed E-state index contributed by atoms with van der Waals surface area (Å²) < 4.78 is 0. The molecule has 2 aliphatic carbocycles. The number of aliphatic hydroxyl groups is 2. The molecule has 3 heteroatoms. The smallest absolute Gasteiger partial charge is 0.115 e. The van der Waals surface area contributed by atoms with E-state index in [-0.39, 0.29) is 12.0 Å². The molecule has 0 spiro atoms. The van der Waals surface area contributed by atoms with Gasteiger partial charge < -0.3 is 15.3 Å². The van der Waals surface area contributed by atoms with Crippen LogP contribution in [0.25, 0.3) is 0 Å². The minimum Gasteiger partial charge on any atom is -0.508 e. The van der Waals surface area contributed by atoms with E-state index < -0.39 is 5.60 Å². The molecule has 0 saturated heterocycles. The zero-order valence-electron chi connectivity index (χ0n) is 12.8. The number of phenolic OH excluding ortho intramolecular Hbond substituents is 1. The van der Waals surface area contributed by atoms with Crippen LogP contribution < -0.4 is 0 Å². The van der Waals surface area contributed by atoms with E-state index in [1.807, 2.05) is 12.1 Å². The van der Waals surface area contributed by atoms with Crippen LogP contribution in [0.5, 0.6) is 5.75 Å². The molecule has 1 unspecified atom stereocenters. The Morgan fingerprint density at radius 1 is 1.24 bits per heavy atom. The van der Waals surface area contributed by atoms with Gasteiger partial charge in [0.2, 0.25) is 0 Å². The molecule has 116 valence electrons. The molecular weight excluding hydrogens is 264 g/mol. The van der Waals surface area contributed by atoms with Crippen LogP contribution in [-0.4, -0.2) is 27.5 Å². The molecule has 3 rings (SSSR count). The van der Waals surface area contributed by atoms with Crippen LogP contribution in [0.1, 0.15) is 62.5 Å². The van der Waals surface area contributed by atoms with Gasteiger partial charge in [-0.3, -0.25) is 0 Å². The van der Waals surface area contributed by atoms with Crippen molar-refractivity contribution in [2.45, 2.75) is 63.4 Å². The molecule has 1 fully saturated rings. The fraction of sp³-hybridized carbons (Fsp3) is 0.667. The standard InChI is InChI=1S/C18H26O3/c1-17-7-5-13-11-14(20)3-4-15(13)16(17)12-18(21,9-8-17)6-2-10-19/h3-4,11,16,19-21H,2,5-10,12H2,1H3/t16-,17+,18?/m1/s1. The Balaban J connectivity index is 1.90. The van der Waals surface area contributed by atoms with Gasteiger partial charge in [0, 0.05) is 6.61 Å². The molecule has 0 bridgehead atoms. The number of fused-ring (bicyclic) bond motifs is 3. The molecule has 3 N–H and O–H groups in total. The molecule has 1 aromatic rings. The number of benzene rings is 1. The van der Waals surface area contributed by atoms with Gasteiger partial charge in [-0.05, 0) is 79.5 Å². The van der Waals surface area contributed by atoms with Crippen LogP contribution in [-0.2, 0) is 6.42 Å². The van der Waals surface area contributed by atoms with Gasteiger partial charge in [-0.1, -0.05) is 13.0 Å². The lowest BCUT2D eigenvalue weighted by Crippen LogP contribution is -2.45. The summed E-state index contributed by atoms with van der Waals surface area (Å²) >= 11 is 0. The Hall–Kier alpha value is -1.06. The molecule has 1 aromatic carbocycles. The number of aliphatic hydroxyl groups excluding tert-OH is 1. The molecule has 3 nitrogen and oxygen atoms in total. The van der Waals surface area contributed by atoms with E-state index in [1.54, 1.807) is 6.07 Å². The minimum atomic E-state index is -0.639. The molecule has 0 aliphatic heterocycles. The Bertz CT molecular complexity index is 527. The molecule has 1 saturated carbocycles. The van der Waals surface area contributed by atoms with E-state index >= 15 is 0 Å². The van der Waals surface area contributed by atoms with Gasteiger partial charge in [0.1, 0.15) is 5.75 Å². The van der Waals surface area contributed by atoms with E-state index in [4.69, 9.17) is 5.11 Å². The Kier molecular flexibility index (Phi) is 3.74. The first-order valence-corrected chi connectivity index (χ1v) is 8.11. The van der Waals surface area contributed by atoms with Crippen LogP contribution in [0.4, 0.5) is 0 Å². The van der Waals surface area contributed by atoms with Crippen molar-refractivity contribution in [2.75, 3.05) is 6.61 Å². The molecule has 0 radical (unpaired) electrons. The molecule has 2 aliphatic rings. The molecule has 21 heavy (non-hydrogen) atoms. The van der Waals surface area contributed by atoms with Crippen LogP contribution >= 0.6 is 0 Å². The van der Waals surface area contributed by atoms with Gasteiger partial charge in [0.25, 0.3) is 0 Å².